The highest BCUT2D eigenvalue weighted by atomic mass is 16.5. The van der Waals surface area contributed by atoms with Crippen molar-refractivity contribution in [1.29, 1.82) is 0 Å². The molecule has 5 rings (SSSR count). The summed E-state index contributed by atoms with van der Waals surface area (Å²) in [4.78, 5) is 19.3. The quantitative estimate of drug-likeness (QED) is 0.508. The molecule has 2 fully saturated rings. The molecule has 1 aromatic carbocycles. The van der Waals surface area contributed by atoms with Gasteiger partial charge in [-0.3, -0.25) is 0 Å². The summed E-state index contributed by atoms with van der Waals surface area (Å²) in [6.45, 7) is 5.83. The van der Waals surface area contributed by atoms with Crippen molar-refractivity contribution in [3.8, 4) is 5.75 Å². The Bertz CT molecular complexity index is 1040. The normalized spacial score (nSPS) is 17.5. The number of aromatic nitrogens is 4. The first-order chi connectivity index (χ1) is 15.8. The molecule has 3 N–H and O–H groups in total. The van der Waals surface area contributed by atoms with E-state index in [2.05, 4.69) is 42.6 Å². The lowest BCUT2D eigenvalue weighted by Crippen LogP contribution is -2.36. The summed E-state index contributed by atoms with van der Waals surface area (Å²) in [5.41, 5.74) is 3.45. The standard InChI is InChI=1S/C23H31N7O2/c1-2-32-19-14-17(30-10-12-31-13-11-30)8-9-18(19)27-23-28-21-20(24-15-25-21)22(29-23)26-16-6-4-3-5-7-16/h8-9,14-16H,2-7,10-13H2,1H3,(H3,24,25,26,27,28,29). The van der Waals surface area contributed by atoms with Crippen molar-refractivity contribution in [2.24, 2.45) is 0 Å². The Morgan fingerprint density at radius 1 is 1.16 bits per heavy atom. The van der Waals surface area contributed by atoms with E-state index >= 15 is 0 Å². The topological polar surface area (TPSA) is 100 Å². The van der Waals surface area contributed by atoms with Crippen molar-refractivity contribution in [3.63, 3.8) is 0 Å². The molecule has 170 valence electrons. The lowest BCUT2D eigenvalue weighted by molar-refractivity contribution is 0.122. The van der Waals surface area contributed by atoms with E-state index < -0.39 is 0 Å². The molecule has 1 aliphatic carbocycles. The Morgan fingerprint density at radius 3 is 2.81 bits per heavy atom. The maximum atomic E-state index is 5.95. The van der Waals surface area contributed by atoms with E-state index in [-0.39, 0.29) is 0 Å². The van der Waals surface area contributed by atoms with Crippen LogP contribution in [-0.4, -0.2) is 58.9 Å². The Morgan fingerprint density at radius 2 is 2.00 bits per heavy atom. The molecule has 9 nitrogen and oxygen atoms in total. The molecule has 1 aliphatic heterocycles. The minimum absolute atomic E-state index is 0.435. The predicted molar refractivity (Wildman–Crippen MR) is 126 cm³/mol. The monoisotopic (exact) mass is 437 g/mol. The number of hydrogen-bond acceptors (Lipinski definition) is 8. The zero-order chi connectivity index (χ0) is 21.8. The molecule has 0 bridgehead atoms. The number of aromatic amines is 1. The molecular weight excluding hydrogens is 406 g/mol. The predicted octanol–water partition coefficient (Wildman–Crippen LogP) is 4.08. The average molecular weight is 438 g/mol. The molecule has 3 heterocycles. The molecule has 1 saturated heterocycles. The number of fused-ring (bicyclic) bond motifs is 1. The number of benzene rings is 1. The summed E-state index contributed by atoms with van der Waals surface area (Å²) in [6, 6.07) is 6.64. The van der Waals surface area contributed by atoms with Gasteiger partial charge in [0, 0.05) is 30.9 Å². The van der Waals surface area contributed by atoms with Crippen LogP contribution in [0.1, 0.15) is 39.0 Å². The van der Waals surface area contributed by atoms with E-state index in [0.29, 0.717) is 24.2 Å². The molecular formula is C23H31N7O2. The molecule has 3 aromatic rings. The molecule has 9 heteroatoms. The van der Waals surface area contributed by atoms with Crippen LogP contribution in [0.5, 0.6) is 5.75 Å². The molecule has 0 unspecified atom stereocenters. The summed E-state index contributed by atoms with van der Waals surface area (Å²) in [5.74, 6) is 2.08. The zero-order valence-corrected chi connectivity index (χ0v) is 18.6. The lowest BCUT2D eigenvalue weighted by Gasteiger charge is -2.29. The molecule has 0 amide bonds. The largest absolute Gasteiger partial charge is 0.492 e. The number of ether oxygens (including phenoxy) is 2. The van der Waals surface area contributed by atoms with E-state index in [1.807, 2.05) is 13.0 Å². The van der Waals surface area contributed by atoms with E-state index in [9.17, 15) is 0 Å². The minimum atomic E-state index is 0.435. The number of morpholine rings is 1. The summed E-state index contributed by atoms with van der Waals surface area (Å²) in [6.07, 6.45) is 7.83. The van der Waals surface area contributed by atoms with Gasteiger partial charge in [-0.15, -0.1) is 0 Å². The first-order valence-electron chi connectivity index (χ1n) is 11.6. The molecule has 1 saturated carbocycles. The number of rotatable bonds is 7. The van der Waals surface area contributed by atoms with Gasteiger partial charge in [-0.1, -0.05) is 19.3 Å². The van der Waals surface area contributed by atoms with Gasteiger partial charge in [-0.05, 0) is 31.9 Å². The SMILES string of the molecule is CCOc1cc(N2CCOCC2)ccc1Nc1nc(NC2CCCCC2)c2[nH]cnc2n1. The fourth-order valence-corrected chi connectivity index (χ4v) is 4.46. The van der Waals surface area contributed by atoms with Crippen molar-refractivity contribution in [2.45, 2.75) is 45.1 Å². The van der Waals surface area contributed by atoms with Gasteiger partial charge < -0.3 is 30.0 Å². The zero-order valence-electron chi connectivity index (χ0n) is 18.6. The number of hydrogen-bond donors (Lipinski definition) is 3. The fraction of sp³-hybridized carbons (Fsp3) is 0.522. The molecule has 0 atom stereocenters. The molecule has 2 aliphatic rings. The second-order valence-electron chi connectivity index (χ2n) is 8.31. The van der Waals surface area contributed by atoms with Crippen LogP contribution in [0.15, 0.2) is 24.5 Å². The highest BCUT2D eigenvalue weighted by Crippen LogP contribution is 2.33. The Hall–Kier alpha value is -3.07. The third-order valence-corrected chi connectivity index (χ3v) is 6.12. The van der Waals surface area contributed by atoms with Crippen LogP contribution in [0.3, 0.4) is 0 Å². The van der Waals surface area contributed by atoms with Gasteiger partial charge in [0.2, 0.25) is 5.95 Å². The van der Waals surface area contributed by atoms with Gasteiger partial charge in [0.05, 0.1) is 31.8 Å². The van der Waals surface area contributed by atoms with Crippen molar-refractivity contribution in [3.05, 3.63) is 24.5 Å². The van der Waals surface area contributed by atoms with Crippen LogP contribution in [-0.2, 0) is 4.74 Å². The van der Waals surface area contributed by atoms with Gasteiger partial charge in [-0.25, -0.2) is 4.98 Å². The molecule has 32 heavy (non-hydrogen) atoms. The second kappa shape index (κ2) is 9.60. The maximum Gasteiger partial charge on any atom is 0.231 e. The van der Waals surface area contributed by atoms with Crippen LogP contribution in [0, 0.1) is 0 Å². The molecule has 2 aromatic heterocycles. The Kier molecular flexibility index (Phi) is 6.24. The molecule has 0 radical (unpaired) electrons. The van der Waals surface area contributed by atoms with Gasteiger partial charge in [0.25, 0.3) is 0 Å². The van der Waals surface area contributed by atoms with Crippen LogP contribution in [0.2, 0.25) is 0 Å². The second-order valence-corrected chi connectivity index (χ2v) is 8.31. The highest BCUT2D eigenvalue weighted by Gasteiger charge is 2.19. The van der Waals surface area contributed by atoms with Crippen LogP contribution in [0.25, 0.3) is 11.2 Å². The minimum Gasteiger partial charge on any atom is -0.492 e. The van der Waals surface area contributed by atoms with E-state index in [1.165, 1.54) is 32.1 Å². The van der Waals surface area contributed by atoms with E-state index in [0.717, 1.165) is 54.8 Å². The van der Waals surface area contributed by atoms with E-state index in [1.54, 1.807) is 6.33 Å². The van der Waals surface area contributed by atoms with Crippen LogP contribution >= 0.6 is 0 Å². The number of imidazole rings is 1. The van der Waals surface area contributed by atoms with Crippen molar-refractivity contribution >= 4 is 34.3 Å². The van der Waals surface area contributed by atoms with Gasteiger partial charge >= 0.3 is 0 Å². The van der Waals surface area contributed by atoms with Crippen molar-refractivity contribution < 1.29 is 9.47 Å². The smallest absolute Gasteiger partial charge is 0.231 e. The number of nitrogens with one attached hydrogen (secondary N) is 3. The third kappa shape index (κ3) is 4.57. The van der Waals surface area contributed by atoms with E-state index in [4.69, 9.17) is 14.5 Å². The van der Waals surface area contributed by atoms with Crippen LogP contribution in [0.4, 0.5) is 23.1 Å². The number of nitrogens with zero attached hydrogens (tertiary/aromatic N) is 4. The van der Waals surface area contributed by atoms with Gasteiger partial charge in [0.15, 0.2) is 11.5 Å². The lowest BCUT2D eigenvalue weighted by atomic mass is 9.95. The molecule has 0 spiro atoms. The number of H-pyrrole nitrogens is 1. The Labute approximate surface area is 187 Å². The third-order valence-electron chi connectivity index (χ3n) is 6.12. The first-order valence-corrected chi connectivity index (χ1v) is 11.6. The van der Waals surface area contributed by atoms with Crippen LogP contribution < -0.4 is 20.3 Å². The first kappa shape index (κ1) is 20.8. The summed E-state index contributed by atoms with van der Waals surface area (Å²) in [5, 5.41) is 6.98. The van der Waals surface area contributed by atoms with Gasteiger partial charge in [0.1, 0.15) is 11.3 Å². The van der Waals surface area contributed by atoms with Crippen molar-refractivity contribution in [2.75, 3.05) is 48.4 Å². The van der Waals surface area contributed by atoms with Gasteiger partial charge in [-0.2, -0.15) is 9.97 Å². The average Bonchev–Trinajstić information content (AvgIpc) is 3.31. The highest BCUT2D eigenvalue weighted by molar-refractivity contribution is 5.84. The fourth-order valence-electron chi connectivity index (χ4n) is 4.46. The summed E-state index contributed by atoms with van der Waals surface area (Å²) < 4.78 is 11.4. The maximum absolute atomic E-state index is 5.95. The summed E-state index contributed by atoms with van der Waals surface area (Å²) in [7, 11) is 0. The summed E-state index contributed by atoms with van der Waals surface area (Å²) >= 11 is 0. The number of anilines is 4. The Balaban J connectivity index is 1.41. The van der Waals surface area contributed by atoms with Crippen molar-refractivity contribution in [1.82, 2.24) is 19.9 Å².